The molecule has 2 aromatic rings. The summed E-state index contributed by atoms with van der Waals surface area (Å²) < 4.78 is 50.7. The Bertz CT molecular complexity index is 1130. The lowest BCUT2D eigenvalue weighted by Gasteiger charge is -2.19. The topological polar surface area (TPSA) is 113 Å². The molecule has 0 radical (unpaired) electrons. The maximum Gasteiger partial charge on any atom is 0.255 e. The van der Waals surface area contributed by atoms with Gasteiger partial charge in [0.15, 0.2) is 0 Å². The summed E-state index contributed by atoms with van der Waals surface area (Å²) in [6.45, 7) is 1.72. The highest BCUT2D eigenvalue weighted by Crippen LogP contribution is 2.28. The van der Waals surface area contributed by atoms with Crippen molar-refractivity contribution >= 4 is 48.9 Å². The van der Waals surface area contributed by atoms with Gasteiger partial charge in [0.2, 0.25) is 20.0 Å². The van der Waals surface area contributed by atoms with E-state index in [9.17, 15) is 21.6 Å². The van der Waals surface area contributed by atoms with Crippen molar-refractivity contribution in [3.8, 4) is 0 Å². The number of carbonyl (C=O) groups excluding carboxylic acids is 1. The van der Waals surface area contributed by atoms with E-state index in [0.29, 0.717) is 11.3 Å². The van der Waals surface area contributed by atoms with Crippen LogP contribution in [0.4, 0.5) is 11.4 Å². The maximum absolute atomic E-state index is 12.6. The number of halogens is 1. The van der Waals surface area contributed by atoms with Gasteiger partial charge in [0.1, 0.15) is 0 Å². The molecule has 0 bridgehead atoms. The molecule has 0 atom stereocenters. The van der Waals surface area contributed by atoms with Crippen LogP contribution >= 0.6 is 11.6 Å². The smallest absolute Gasteiger partial charge is 0.255 e. The molecule has 1 amide bonds. The van der Waals surface area contributed by atoms with Gasteiger partial charge in [0.25, 0.3) is 5.91 Å². The number of anilines is 2. The first-order chi connectivity index (χ1) is 12.9. The summed E-state index contributed by atoms with van der Waals surface area (Å²) in [6, 6.07) is 8.56. The molecule has 0 aliphatic carbocycles. The van der Waals surface area contributed by atoms with Gasteiger partial charge in [-0.25, -0.2) is 21.6 Å². The van der Waals surface area contributed by atoms with Crippen LogP contribution in [0, 0.1) is 6.92 Å². The molecule has 2 rings (SSSR count). The number of rotatable bonds is 6. The molecule has 0 fully saturated rings. The lowest BCUT2D eigenvalue weighted by molar-refractivity contribution is 0.102. The Morgan fingerprint density at radius 3 is 2.29 bits per heavy atom. The summed E-state index contributed by atoms with van der Waals surface area (Å²) in [5.41, 5.74) is 1.29. The molecule has 0 spiro atoms. The van der Waals surface area contributed by atoms with E-state index in [-0.39, 0.29) is 21.2 Å². The van der Waals surface area contributed by atoms with Crippen molar-refractivity contribution in [2.45, 2.75) is 11.8 Å². The summed E-state index contributed by atoms with van der Waals surface area (Å²) in [7, 11) is -4.62. The average Bonchev–Trinajstić information content (AvgIpc) is 2.62. The molecule has 8 nitrogen and oxygen atoms in total. The third-order valence-corrected chi connectivity index (χ3v) is 7.00. The van der Waals surface area contributed by atoms with E-state index in [1.807, 2.05) is 0 Å². The minimum absolute atomic E-state index is 0.00417. The molecule has 0 unspecified atom stereocenters. The van der Waals surface area contributed by atoms with Gasteiger partial charge in [-0.05, 0) is 49.9 Å². The average molecular weight is 446 g/mol. The molecule has 152 valence electrons. The Labute approximate surface area is 169 Å². The second-order valence-electron chi connectivity index (χ2n) is 6.04. The van der Waals surface area contributed by atoms with Crippen LogP contribution in [0.5, 0.6) is 0 Å². The van der Waals surface area contributed by atoms with E-state index in [2.05, 4.69) is 10.0 Å². The zero-order valence-electron chi connectivity index (χ0n) is 15.6. The Balaban J connectivity index is 2.40. The fourth-order valence-corrected chi connectivity index (χ4v) is 3.85. The summed E-state index contributed by atoms with van der Waals surface area (Å²) in [6.07, 6.45) is 1.02. The molecular weight excluding hydrogens is 426 g/mol. The summed E-state index contributed by atoms with van der Waals surface area (Å²) in [5, 5.41) is 2.81. The van der Waals surface area contributed by atoms with Crippen molar-refractivity contribution in [2.75, 3.05) is 30.0 Å². The SMILES string of the molecule is CNS(=O)(=O)c1ccc(C)c(NC(=O)c2ccc(Cl)c(N(C)S(C)(=O)=O)c2)c1. The van der Waals surface area contributed by atoms with E-state index in [1.54, 1.807) is 13.0 Å². The minimum Gasteiger partial charge on any atom is -0.322 e. The zero-order valence-corrected chi connectivity index (χ0v) is 18.0. The lowest BCUT2D eigenvalue weighted by atomic mass is 10.1. The molecule has 2 N–H and O–H groups in total. The lowest BCUT2D eigenvalue weighted by Crippen LogP contribution is -2.25. The standard InChI is InChI=1S/C17H20ClN3O5S2/c1-11-5-7-13(28(25,26)19-2)10-15(11)20-17(22)12-6-8-14(18)16(9-12)21(3)27(4,23)24/h5-10,19H,1-4H3,(H,20,22). The monoisotopic (exact) mass is 445 g/mol. The minimum atomic E-state index is -3.67. The third kappa shape index (κ3) is 4.82. The molecule has 2 aromatic carbocycles. The van der Waals surface area contributed by atoms with Gasteiger partial charge in [-0.2, -0.15) is 0 Å². The molecule has 28 heavy (non-hydrogen) atoms. The number of carbonyl (C=O) groups is 1. The van der Waals surface area contributed by atoms with Gasteiger partial charge in [-0.3, -0.25) is 9.10 Å². The predicted octanol–water partition coefficient (Wildman–Crippen LogP) is 2.20. The van der Waals surface area contributed by atoms with Crippen molar-refractivity contribution in [1.29, 1.82) is 0 Å². The largest absolute Gasteiger partial charge is 0.322 e. The third-order valence-electron chi connectivity index (χ3n) is 4.08. The van der Waals surface area contributed by atoms with Crippen molar-refractivity contribution in [3.05, 3.63) is 52.5 Å². The second kappa shape index (κ2) is 8.08. The Kier molecular flexibility index (Phi) is 6.39. The molecule has 11 heteroatoms. The molecule has 0 aliphatic rings. The zero-order chi connectivity index (χ0) is 21.3. The van der Waals surface area contributed by atoms with Crippen LogP contribution in [-0.4, -0.2) is 43.1 Å². The van der Waals surface area contributed by atoms with E-state index in [4.69, 9.17) is 11.6 Å². The van der Waals surface area contributed by atoms with Crippen LogP contribution in [0.1, 0.15) is 15.9 Å². The number of nitrogens with zero attached hydrogens (tertiary/aromatic N) is 1. The first-order valence-electron chi connectivity index (χ1n) is 7.96. The highest BCUT2D eigenvalue weighted by molar-refractivity contribution is 7.92. The predicted molar refractivity (Wildman–Crippen MR) is 110 cm³/mol. The molecule has 0 aliphatic heterocycles. The van der Waals surface area contributed by atoms with E-state index < -0.39 is 26.0 Å². The van der Waals surface area contributed by atoms with Crippen LogP contribution in [0.25, 0.3) is 0 Å². The first kappa shape index (κ1) is 22.2. The number of aryl methyl sites for hydroxylation is 1. The van der Waals surface area contributed by atoms with Crippen molar-refractivity contribution in [3.63, 3.8) is 0 Å². The van der Waals surface area contributed by atoms with E-state index in [0.717, 1.165) is 10.6 Å². The first-order valence-corrected chi connectivity index (χ1v) is 11.7. The molecule has 0 heterocycles. The van der Waals surface area contributed by atoms with Gasteiger partial charge in [-0.15, -0.1) is 0 Å². The van der Waals surface area contributed by atoms with Crippen LogP contribution in [0.2, 0.25) is 5.02 Å². The molecule has 0 saturated heterocycles. The Morgan fingerprint density at radius 2 is 1.71 bits per heavy atom. The molecule has 0 saturated carbocycles. The summed E-state index contributed by atoms with van der Waals surface area (Å²) in [4.78, 5) is 12.6. The van der Waals surface area contributed by atoms with Crippen LogP contribution < -0.4 is 14.3 Å². The quantitative estimate of drug-likeness (QED) is 0.707. The van der Waals surface area contributed by atoms with Crippen LogP contribution in [0.15, 0.2) is 41.3 Å². The Morgan fingerprint density at radius 1 is 1.07 bits per heavy atom. The highest BCUT2D eigenvalue weighted by Gasteiger charge is 2.19. The van der Waals surface area contributed by atoms with Gasteiger partial charge in [0.05, 0.1) is 21.9 Å². The fourth-order valence-electron chi connectivity index (χ4n) is 2.29. The van der Waals surface area contributed by atoms with Gasteiger partial charge in [-0.1, -0.05) is 17.7 Å². The van der Waals surface area contributed by atoms with Gasteiger partial charge < -0.3 is 5.32 Å². The van der Waals surface area contributed by atoms with Crippen LogP contribution in [-0.2, 0) is 20.0 Å². The van der Waals surface area contributed by atoms with E-state index >= 15 is 0 Å². The van der Waals surface area contributed by atoms with Gasteiger partial charge in [0, 0.05) is 18.3 Å². The highest BCUT2D eigenvalue weighted by atomic mass is 35.5. The number of benzene rings is 2. The maximum atomic E-state index is 12.6. The van der Waals surface area contributed by atoms with E-state index in [1.165, 1.54) is 44.4 Å². The Hall–Kier alpha value is -2.14. The second-order valence-corrected chi connectivity index (χ2v) is 10.3. The fraction of sp³-hybridized carbons (Fsp3) is 0.235. The van der Waals surface area contributed by atoms with Crippen molar-refractivity contribution < 1.29 is 21.6 Å². The number of nitrogens with one attached hydrogen (secondary N) is 2. The molecule has 0 aromatic heterocycles. The number of amides is 1. The normalized spacial score (nSPS) is 11.9. The number of hydrogen-bond acceptors (Lipinski definition) is 5. The van der Waals surface area contributed by atoms with Gasteiger partial charge >= 0.3 is 0 Å². The molecular formula is C17H20ClN3O5S2. The van der Waals surface area contributed by atoms with Crippen LogP contribution in [0.3, 0.4) is 0 Å². The summed E-state index contributed by atoms with van der Waals surface area (Å²) in [5.74, 6) is -0.540. The van der Waals surface area contributed by atoms with Crippen molar-refractivity contribution in [2.24, 2.45) is 0 Å². The number of sulfonamides is 2. The summed E-state index contributed by atoms with van der Waals surface area (Å²) >= 11 is 6.06. The number of hydrogen-bond donors (Lipinski definition) is 2. The van der Waals surface area contributed by atoms with Crippen molar-refractivity contribution in [1.82, 2.24) is 4.72 Å².